The average Bonchev–Trinajstić information content (AvgIpc) is 2.54. The zero-order chi connectivity index (χ0) is 17.3. The molecule has 24 heavy (non-hydrogen) atoms. The van der Waals surface area contributed by atoms with Gasteiger partial charge in [-0.25, -0.2) is 18.4 Å². The number of sulfonamides is 1. The number of primary sulfonamides is 1. The van der Waals surface area contributed by atoms with Crippen molar-refractivity contribution < 1.29 is 17.6 Å². The largest absolute Gasteiger partial charge is 0.417 e. The van der Waals surface area contributed by atoms with Crippen molar-refractivity contribution in [3.63, 3.8) is 0 Å². The van der Waals surface area contributed by atoms with E-state index >= 15 is 0 Å². The molecule has 3 rings (SSSR count). The van der Waals surface area contributed by atoms with Crippen LogP contribution in [-0.2, 0) is 10.0 Å². The van der Waals surface area contributed by atoms with Crippen molar-refractivity contribution >= 4 is 32.4 Å². The second-order valence-electron chi connectivity index (χ2n) is 5.01. The number of carbonyl (C=O) groups is 1. The second kappa shape index (κ2) is 5.91. The van der Waals surface area contributed by atoms with Gasteiger partial charge in [0.2, 0.25) is 10.0 Å². The molecule has 0 aliphatic carbocycles. The van der Waals surface area contributed by atoms with Gasteiger partial charge in [0, 0.05) is 5.69 Å². The van der Waals surface area contributed by atoms with E-state index in [9.17, 15) is 18.0 Å². The van der Waals surface area contributed by atoms with Crippen molar-refractivity contribution in [1.29, 1.82) is 0 Å². The van der Waals surface area contributed by atoms with Crippen LogP contribution in [0.15, 0.2) is 68.7 Å². The van der Waals surface area contributed by atoms with Crippen molar-refractivity contribution in [2.24, 2.45) is 5.14 Å². The van der Waals surface area contributed by atoms with Gasteiger partial charge in [0.25, 0.3) is 5.91 Å². The molecular weight excluding hydrogens is 332 g/mol. The molecule has 7 nitrogen and oxygen atoms in total. The lowest BCUT2D eigenvalue weighted by atomic mass is 10.1. The molecule has 0 unspecified atom stereocenters. The fourth-order valence-electron chi connectivity index (χ4n) is 2.17. The Bertz CT molecular complexity index is 1090. The topological polar surface area (TPSA) is 119 Å². The molecule has 1 heterocycles. The van der Waals surface area contributed by atoms with E-state index in [-0.39, 0.29) is 10.7 Å². The molecule has 0 aliphatic heterocycles. The highest BCUT2D eigenvalue weighted by Crippen LogP contribution is 2.16. The zero-order valence-electron chi connectivity index (χ0n) is 12.2. The molecule has 3 N–H and O–H groups in total. The predicted octanol–water partition coefficient (Wildman–Crippen LogP) is 1.69. The highest BCUT2D eigenvalue weighted by Gasteiger charge is 2.13. The lowest BCUT2D eigenvalue weighted by Gasteiger charge is -2.06. The number of benzene rings is 2. The van der Waals surface area contributed by atoms with Gasteiger partial charge in [0.15, 0.2) is 5.76 Å². The molecule has 0 fully saturated rings. The molecule has 122 valence electrons. The minimum atomic E-state index is -3.80. The van der Waals surface area contributed by atoms with Crippen LogP contribution in [-0.4, -0.2) is 14.3 Å². The Morgan fingerprint density at radius 2 is 1.71 bits per heavy atom. The highest BCUT2D eigenvalue weighted by atomic mass is 32.2. The lowest BCUT2D eigenvalue weighted by molar-refractivity contribution is 0.0993. The number of anilines is 1. The molecule has 8 heteroatoms. The normalized spacial score (nSPS) is 11.4. The van der Waals surface area contributed by atoms with Crippen LogP contribution in [0.5, 0.6) is 0 Å². The molecule has 3 aromatic rings. The van der Waals surface area contributed by atoms with Gasteiger partial charge in [-0.15, -0.1) is 0 Å². The third kappa shape index (κ3) is 3.19. The summed E-state index contributed by atoms with van der Waals surface area (Å²) in [5.41, 5.74) is -0.272. The number of nitrogens with one attached hydrogen (secondary N) is 1. The minimum Gasteiger partial charge on any atom is -0.417 e. The molecule has 0 spiro atoms. The number of hydrogen-bond acceptors (Lipinski definition) is 5. The zero-order valence-corrected chi connectivity index (χ0v) is 13.0. The van der Waals surface area contributed by atoms with Gasteiger partial charge >= 0.3 is 5.63 Å². The van der Waals surface area contributed by atoms with Crippen LogP contribution in [0.1, 0.15) is 10.6 Å². The predicted molar refractivity (Wildman–Crippen MR) is 88.3 cm³/mol. The Morgan fingerprint density at radius 1 is 1.04 bits per heavy atom. The van der Waals surface area contributed by atoms with E-state index in [2.05, 4.69) is 5.32 Å². The van der Waals surface area contributed by atoms with Crippen molar-refractivity contribution in [2.45, 2.75) is 4.90 Å². The molecule has 1 amide bonds. The smallest absolute Gasteiger partial charge is 0.344 e. The van der Waals surface area contributed by atoms with Gasteiger partial charge < -0.3 is 9.73 Å². The summed E-state index contributed by atoms with van der Waals surface area (Å²) in [7, 11) is -3.80. The summed E-state index contributed by atoms with van der Waals surface area (Å²) in [6, 6.07) is 13.5. The first kappa shape index (κ1) is 15.9. The second-order valence-corrected chi connectivity index (χ2v) is 6.57. The Morgan fingerprint density at radius 3 is 2.38 bits per heavy atom. The van der Waals surface area contributed by atoms with Crippen LogP contribution in [0.4, 0.5) is 5.69 Å². The lowest BCUT2D eigenvalue weighted by Crippen LogP contribution is -2.15. The van der Waals surface area contributed by atoms with E-state index in [1.807, 2.05) is 0 Å². The Labute approximate surface area is 136 Å². The summed E-state index contributed by atoms with van der Waals surface area (Å²) < 4.78 is 27.4. The number of carbonyl (C=O) groups excluding carboxylic acids is 1. The molecule has 0 atom stereocenters. The first-order valence-electron chi connectivity index (χ1n) is 6.82. The first-order chi connectivity index (χ1) is 11.3. The van der Waals surface area contributed by atoms with Gasteiger partial charge in [0.05, 0.1) is 10.3 Å². The Balaban J connectivity index is 1.89. The van der Waals surface area contributed by atoms with Crippen LogP contribution < -0.4 is 16.1 Å². The fourth-order valence-corrected chi connectivity index (χ4v) is 2.68. The van der Waals surface area contributed by atoms with E-state index in [0.717, 1.165) is 0 Å². The van der Waals surface area contributed by atoms with Crippen LogP contribution >= 0.6 is 0 Å². The van der Waals surface area contributed by atoms with Crippen LogP contribution in [0.25, 0.3) is 10.8 Å². The Kier molecular flexibility index (Phi) is 3.92. The maximum Gasteiger partial charge on any atom is 0.344 e. The van der Waals surface area contributed by atoms with Crippen LogP contribution in [0.3, 0.4) is 0 Å². The SMILES string of the molecule is NS(=O)(=O)c1ccc(NC(=O)c2cc3ccccc3c(=O)o2)cc1. The standard InChI is InChI=1S/C16H12N2O5S/c17-24(21,22)12-7-5-11(6-8-12)18-15(19)14-9-10-3-1-2-4-13(10)16(20)23-14/h1-9H,(H,18,19)(H2,17,21,22). The molecule has 0 aliphatic rings. The van der Waals surface area contributed by atoms with E-state index in [4.69, 9.17) is 9.56 Å². The minimum absolute atomic E-state index is 0.0715. The van der Waals surface area contributed by atoms with Crippen molar-refractivity contribution in [2.75, 3.05) is 5.32 Å². The van der Waals surface area contributed by atoms with Crippen LogP contribution in [0.2, 0.25) is 0 Å². The van der Waals surface area contributed by atoms with Gasteiger partial charge in [-0.3, -0.25) is 4.79 Å². The molecule has 0 saturated heterocycles. The van der Waals surface area contributed by atoms with Crippen molar-refractivity contribution in [1.82, 2.24) is 0 Å². The molecule has 0 radical (unpaired) electrons. The van der Waals surface area contributed by atoms with E-state index < -0.39 is 21.6 Å². The molecule has 0 bridgehead atoms. The van der Waals surface area contributed by atoms with Crippen LogP contribution in [0, 0.1) is 0 Å². The average molecular weight is 344 g/mol. The third-order valence-electron chi connectivity index (χ3n) is 3.33. The van der Waals surface area contributed by atoms with Crippen molar-refractivity contribution in [3.8, 4) is 0 Å². The Hall–Kier alpha value is -2.97. The number of amides is 1. The number of hydrogen-bond donors (Lipinski definition) is 2. The maximum atomic E-state index is 12.2. The number of fused-ring (bicyclic) bond motifs is 1. The van der Waals surface area contributed by atoms with E-state index in [1.165, 1.54) is 30.3 Å². The summed E-state index contributed by atoms with van der Waals surface area (Å²) in [6.45, 7) is 0. The van der Waals surface area contributed by atoms with Gasteiger partial charge in [-0.2, -0.15) is 0 Å². The first-order valence-corrected chi connectivity index (χ1v) is 8.36. The quantitative estimate of drug-likeness (QED) is 0.749. The van der Waals surface area contributed by atoms with E-state index in [1.54, 1.807) is 24.3 Å². The monoisotopic (exact) mass is 344 g/mol. The summed E-state index contributed by atoms with van der Waals surface area (Å²) >= 11 is 0. The number of rotatable bonds is 3. The summed E-state index contributed by atoms with van der Waals surface area (Å²) in [5.74, 6) is -0.768. The molecule has 0 saturated carbocycles. The third-order valence-corrected chi connectivity index (χ3v) is 4.26. The molecule has 1 aromatic heterocycles. The summed E-state index contributed by atoms with van der Waals surface area (Å²) in [5, 5.41) is 8.49. The number of nitrogens with two attached hydrogens (primary N) is 1. The fraction of sp³-hybridized carbons (Fsp3) is 0. The summed E-state index contributed by atoms with van der Waals surface area (Å²) in [4.78, 5) is 24.0. The molecular formula is C16H12N2O5S. The highest BCUT2D eigenvalue weighted by molar-refractivity contribution is 7.89. The summed E-state index contributed by atoms with van der Waals surface area (Å²) in [6.07, 6.45) is 0. The van der Waals surface area contributed by atoms with Crippen molar-refractivity contribution in [3.05, 3.63) is 70.8 Å². The maximum absolute atomic E-state index is 12.2. The van der Waals surface area contributed by atoms with Gasteiger partial charge in [-0.05, 0) is 41.8 Å². The van der Waals surface area contributed by atoms with Gasteiger partial charge in [-0.1, -0.05) is 18.2 Å². The van der Waals surface area contributed by atoms with E-state index in [0.29, 0.717) is 16.5 Å². The molecule has 2 aromatic carbocycles. The van der Waals surface area contributed by atoms with Gasteiger partial charge in [0.1, 0.15) is 0 Å².